The lowest BCUT2D eigenvalue weighted by Gasteiger charge is -2.53. The lowest BCUT2D eigenvalue weighted by atomic mass is 9.50. The Bertz CT molecular complexity index is 1370. The minimum absolute atomic E-state index is 0.00156. The number of allylic oxidation sites excluding steroid dienone is 5. The zero-order valence-corrected chi connectivity index (χ0v) is 19.1. The van der Waals surface area contributed by atoms with E-state index in [0.29, 0.717) is 28.8 Å². The molecule has 2 aromatic carbocycles. The zero-order valence-electron chi connectivity index (χ0n) is 19.1. The van der Waals surface area contributed by atoms with Gasteiger partial charge in [0, 0.05) is 17.5 Å². The van der Waals surface area contributed by atoms with E-state index in [0.717, 1.165) is 12.1 Å². The van der Waals surface area contributed by atoms with Gasteiger partial charge in [-0.15, -0.1) is 0 Å². The van der Waals surface area contributed by atoms with E-state index >= 15 is 0 Å². The van der Waals surface area contributed by atoms with Crippen LogP contribution in [0.25, 0.3) is 0 Å². The van der Waals surface area contributed by atoms with E-state index in [9.17, 15) is 27.9 Å². The number of aryl methyl sites for hydroxylation is 1. The summed E-state index contributed by atoms with van der Waals surface area (Å²) in [6.07, 6.45) is 3.93. The van der Waals surface area contributed by atoms with Crippen LogP contribution in [0.15, 0.2) is 78.1 Å². The van der Waals surface area contributed by atoms with Gasteiger partial charge < -0.3 is 15.2 Å². The summed E-state index contributed by atoms with van der Waals surface area (Å²) in [4.78, 5) is 26.4. The molecule has 184 valence electrons. The third kappa shape index (κ3) is 3.38. The second-order valence-electron chi connectivity index (χ2n) is 9.81. The molecule has 0 saturated heterocycles. The van der Waals surface area contributed by atoms with Crippen molar-refractivity contribution >= 4 is 17.4 Å². The van der Waals surface area contributed by atoms with E-state index in [4.69, 9.17) is 4.74 Å². The first-order valence-electron chi connectivity index (χ1n) is 11.7. The third-order valence-electron chi connectivity index (χ3n) is 7.87. The lowest BCUT2D eigenvalue weighted by Crippen LogP contribution is -2.50. The van der Waals surface area contributed by atoms with E-state index in [1.807, 2.05) is 0 Å². The number of aliphatic hydroxyl groups excluding tert-OH is 1. The molecule has 1 saturated carbocycles. The summed E-state index contributed by atoms with van der Waals surface area (Å²) in [5.41, 5.74) is 0.121. The highest BCUT2D eigenvalue weighted by molar-refractivity contribution is 6.26. The first kappa shape index (κ1) is 22.6. The number of hydrogen-bond acceptors (Lipinski definition) is 4. The van der Waals surface area contributed by atoms with Crippen molar-refractivity contribution in [2.24, 2.45) is 35.5 Å². The van der Waals surface area contributed by atoms with Crippen molar-refractivity contribution in [1.29, 1.82) is 0 Å². The summed E-state index contributed by atoms with van der Waals surface area (Å²) in [5.74, 6) is -0.628. The highest BCUT2D eigenvalue weighted by Gasteiger charge is 2.60. The fraction of sp³-hybridized carbons (Fsp3) is 0.286. The van der Waals surface area contributed by atoms with Crippen molar-refractivity contribution in [2.75, 3.05) is 5.32 Å². The predicted molar refractivity (Wildman–Crippen MR) is 125 cm³/mol. The van der Waals surface area contributed by atoms with E-state index < -0.39 is 23.6 Å². The Morgan fingerprint density at radius 2 is 1.47 bits per heavy atom. The predicted octanol–water partition coefficient (Wildman–Crippen LogP) is 5.99. The van der Waals surface area contributed by atoms with Gasteiger partial charge in [-0.1, -0.05) is 24.3 Å². The minimum Gasteiger partial charge on any atom is -0.511 e. The molecular formula is C28H22F3NO4. The number of hydrogen-bond donors (Lipinski definition) is 2. The number of rotatable bonds is 4. The Balaban J connectivity index is 1.18. The molecular weight excluding hydrogens is 471 g/mol. The van der Waals surface area contributed by atoms with Gasteiger partial charge in [-0.3, -0.25) is 9.59 Å². The van der Waals surface area contributed by atoms with Gasteiger partial charge in [0.05, 0.1) is 5.56 Å². The number of carbonyl (C=O) groups is 2. The molecule has 5 aliphatic carbocycles. The summed E-state index contributed by atoms with van der Waals surface area (Å²) in [7, 11) is 0. The van der Waals surface area contributed by atoms with Crippen LogP contribution in [-0.4, -0.2) is 16.8 Å². The number of nitrogens with one attached hydrogen (secondary N) is 1. The van der Waals surface area contributed by atoms with Gasteiger partial charge in [-0.05, 0) is 78.6 Å². The van der Waals surface area contributed by atoms with Gasteiger partial charge in [0.25, 0.3) is 5.91 Å². The maximum atomic E-state index is 13.2. The molecule has 0 radical (unpaired) electrons. The Labute approximate surface area is 205 Å². The van der Waals surface area contributed by atoms with Crippen LogP contribution in [-0.2, 0) is 15.8 Å². The van der Waals surface area contributed by atoms with Crippen LogP contribution in [0.4, 0.5) is 18.9 Å². The van der Waals surface area contributed by atoms with Gasteiger partial charge in [-0.25, -0.2) is 0 Å². The molecule has 5 nitrogen and oxygen atoms in total. The van der Waals surface area contributed by atoms with Crippen LogP contribution in [0.2, 0.25) is 0 Å². The minimum atomic E-state index is -4.43. The van der Waals surface area contributed by atoms with Crippen molar-refractivity contribution in [3.05, 3.63) is 89.2 Å². The number of halogens is 3. The maximum absolute atomic E-state index is 13.2. The maximum Gasteiger partial charge on any atom is 0.416 e. The number of ketones is 1. The Hall–Kier alpha value is -3.81. The van der Waals surface area contributed by atoms with Crippen LogP contribution in [0.1, 0.15) is 11.1 Å². The van der Waals surface area contributed by atoms with Crippen molar-refractivity contribution in [3.8, 4) is 11.5 Å². The molecule has 2 bridgehead atoms. The Kier molecular flexibility index (Phi) is 4.94. The lowest BCUT2D eigenvalue weighted by molar-refractivity contribution is -0.137. The number of carbonyl (C=O) groups excluding carboxylic acids is 2. The van der Waals surface area contributed by atoms with Crippen LogP contribution in [0.5, 0.6) is 11.5 Å². The van der Waals surface area contributed by atoms with Gasteiger partial charge in [0.15, 0.2) is 5.78 Å². The quantitative estimate of drug-likeness (QED) is 0.405. The largest absolute Gasteiger partial charge is 0.511 e. The summed E-state index contributed by atoms with van der Waals surface area (Å²) in [5, 5.41) is 13.7. The molecule has 5 aliphatic rings. The smallest absolute Gasteiger partial charge is 0.416 e. The average molecular weight is 493 g/mol. The second-order valence-corrected chi connectivity index (χ2v) is 9.81. The number of benzene rings is 2. The zero-order chi connectivity index (χ0) is 25.4. The number of ether oxygens (including phenoxy) is 1. The van der Waals surface area contributed by atoms with Gasteiger partial charge in [0.1, 0.15) is 22.8 Å². The first-order valence-corrected chi connectivity index (χ1v) is 11.7. The molecule has 0 heterocycles. The van der Waals surface area contributed by atoms with Crippen LogP contribution >= 0.6 is 0 Å². The monoisotopic (exact) mass is 493 g/mol. The van der Waals surface area contributed by atoms with Crippen molar-refractivity contribution < 1.29 is 32.6 Å². The molecule has 2 aromatic rings. The Morgan fingerprint density at radius 3 is 2.06 bits per heavy atom. The highest BCUT2D eigenvalue weighted by atomic mass is 19.4. The fourth-order valence-electron chi connectivity index (χ4n) is 6.10. The van der Waals surface area contributed by atoms with Gasteiger partial charge in [-0.2, -0.15) is 13.2 Å². The molecule has 0 aromatic heterocycles. The van der Waals surface area contributed by atoms with Gasteiger partial charge in [0.2, 0.25) is 0 Å². The second kappa shape index (κ2) is 7.85. The molecule has 7 rings (SSSR count). The average Bonchev–Trinajstić information content (AvgIpc) is 3.07. The van der Waals surface area contributed by atoms with Crippen LogP contribution in [0.3, 0.4) is 0 Å². The number of anilines is 1. The molecule has 1 amide bonds. The number of Topliss-reactive ketones (excluding diaryl/α,β-unsaturated/α-hetero) is 1. The first-order chi connectivity index (χ1) is 17.1. The fourth-order valence-corrected chi connectivity index (χ4v) is 6.10. The topological polar surface area (TPSA) is 75.6 Å². The van der Waals surface area contributed by atoms with E-state index in [1.165, 1.54) is 12.1 Å². The number of amides is 1. The standard InChI is InChI=1S/C28H22F3NO4/c1-13-12-16(36-15-4-2-14(3-5-15)28(29,30)31)6-11-21(13)32-27(35)24-25(33)22-19-9-10-20(23(22)26(24)34)18-8-7-17(18)19/h2-12,17-20,22-23,33H,1H3,(H,32,35)/t17-,18+,19-,20+,22+,23-/m1/s1. The molecule has 6 atom stereocenters. The SMILES string of the molecule is Cc1cc(Oc2ccc(C(F)(F)F)cc2)ccc1NC(=O)C1=C(O)[C@H]2[C@@H]3C=C[C@@H]([C@H]4C=C[C@H]43)[C@H]2C1=O. The molecule has 36 heavy (non-hydrogen) atoms. The third-order valence-corrected chi connectivity index (χ3v) is 7.87. The van der Waals surface area contributed by atoms with Crippen LogP contribution < -0.4 is 10.1 Å². The summed E-state index contributed by atoms with van der Waals surface area (Å²) in [6, 6.07) is 9.14. The molecule has 8 heteroatoms. The molecule has 1 fully saturated rings. The molecule has 0 unspecified atom stereocenters. The molecule has 0 aliphatic heterocycles. The van der Waals surface area contributed by atoms with Crippen LogP contribution in [0, 0.1) is 42.4 Å². The summed E-state index contributed by atoms with van der Waals surface area (Å²) < 4.78 is 43.9. The number of aliphatic hydroxyl groups is 1. The van der Waals surface area contributed by atoms with Crippen molar-refractivity contribution in [3.63, 3.8) is 0 Å². The molecule has 2 N–H and O–H groups in total. The van der Waals surface area contributed by atoms with Crippen molar-refractivity contribution in [1.82, 2.24) is 0 Å². The van der Waals surface area contributed by atoms with Gasteiger partial charge >= 0.3 is 6.18 Å². The van der Waals surface area contributed by atoms with E-state index in [1.54, 1.807) is 25.1 Å². The summed E-state index contributed by atoms with van der Waals surface area (Å²) >= 11 is 0. The van der Waals surface area contributed by atoms with E-state index in [-0.39, 0.29) is 40.6 Å². The molecule has 0 spiro atoms. The number of alkyl halides is 3. The van der Waals surface area contributed by atoms with Crippen molar-refractivity contribution in [2.45, 2.75) is 13.1 Å². The summed E-state index contributed by atoms with van der Waals surface area (Å²) in [6.45, 7) is 1.73. The Morgan fingerprint density at radius 1 is 0.889 bits per heavy atom. The normalized spacial score (nSPS) is 29.6. The van der Waals surface area contributed by atoms with E-state index in [2.05, 4.69) is 29.6 Å². The highest BCUT2D eigenvalue weighted by Crippen LogP contribution is 2.60.